The number of amides is 1. The minimum atomic E-state index is -1.21. The standard InChI is InChI=1S/C13H8F3NO2S.C11H24O3.C2H6/c14-9-4-2-8(6-11(9)16)17-13(18)7-1-3-10(15)12(5-7)20-19;1-5-6-7-8(2)11(4,14)10(13)9(3)12;1-2/h1-6,19H,(H,17,18);8-10,12-14H,5-7H2,1-4H3;1-2H3/t;8-,9?,10?,11?;/m.0./s1. The lowest BCUT2D eigenvalue weighted by Crippen LogP contribution is -2.50. The molecule has 0 spiro atoms. The molecule has 2 rings (SSSR count). The van der Waals surface area contributed by atoms with Crippen LogP contribution in [-0.2, 0) is 0 Å². The summed E-state index contributed by atoms with van der Waals surface area (Å²) in [6.45, 7) is 11.1. The van der Waals surface area contributed by atoms with E-state index < -0.39 is 41.2 Å². The van der Waals surface area contributed by atoms with Gasteiger partial charge in [0.15, 0.2) is 11.6 Å². The van der Waals surface area contributed by atoms with Gasteiger partial charge in [-0.15, -0.1) is 0 Å². The van der Waals surface area contributed by atoms with Crippen molar-refractivity contribution in [2.24, 2.45) is 5.92 Å². The molecule has 0 aliphatic rings. The number of benzene rings is 2. The highest BCUT2D eigenvalue weighted by Gasteiger charge is 2.38. The van der Waals surface area contributed by atoms with Gasteiger partial charge in [-0.25, -0.2) is 13.2 Å². The molecule has 10 heteroatoms. The Morgan fingerprint density at radius 2 is 1.61 bits per heavy atom. The van der Waals surface area contributed by atoms with Crippen LogP contribution in [-0.4, -0.2) is 43.6 Å². The maximum absolute atomic E-state index is 13.2. The molecule has 0 aromatic heterocycles. The highest BCUT2D eigenvalue weighted by molar-refractivity contribution is 7.93. The molecule has 36 heavy (non-hydrogen) atoms. The summed E-state index contributed by atoms with van der Waals surface area (Å²) in [4.78, 5) is 11.7. The van der Waals surface area contributed by atoms with Crippen LogP contribution in [0.4, 0.5) is 18.9 Å². The summed E-state index contributed by atoms with van der Waals surface area (Å²) >= 11 is 0.173. The molecule has 0 saturated heterocycles. The van der Waals surface area contributed by atoms with Gasteiger partial charge in [0.1, 0.15) is 11.9 Å². The van der Waals surface area contributed by atoms with Crippen LogP contribution >= 0.6 is 12.0 Å². The van der Waals surface area contributed by atoms with Crippen molar-refractivity contribution in [1.29, 1.82) is 0 Å². The van der Waals surface area contributed by atoms with Crippen molar-refractivity contribution < 1.29 is 37.8 Å². The van der Waals surface area contributed by atoms with Crippen LogP contribution in [0, 0.1) is 23.4 Å². The summed E-state index contributed by atoms with van der Waals surface area (Å²) in [6, 6.07) is 6.29. The number of nitrogens with one attached hydrogen (secondary N) is 1. The molecule has 4 atom stereocenters. The number of hydrogen-bond acceptors (Lipinski definition) is 6. The number of carbonyl (C=O) groups is 1. The summed E-state index contributed by atoms with van der Waals surface area (Å²) in [7, 11) is 0. The number of anilines is 1. The zero-order valence-electron chi connectivity index (χ0n) is 21.6. The number of aliphatic hydroxyl groups excluding tert-OH is 2. The van der Waals surface area contributed by atoms with Gasteiger partial charge in [-0.2, -0.15) is 0 Å². The van der Waals surface area contributed by atoms with E-state index >= 15 is 0 Å². The maximum Gasteiger partial charge on any atom is 0.255 e. The second-order valence-corrected chi connectivity index (χ2v) is 8.90. The Labute approximate surface area is 215 Å². The van der Waals surface area contributed by atoms with Gasteiger partial charge in [0.05, 0.1) is 16.6 Å². The summed E-state index contributed by atoms with van der Waals surface area (Å²) in [5.41, 5.74) is -1.06. The highest BCUT2D eigenvalue weighted by atomic mass is 32.2. The van der Waals surface area contributed by atoms with Crippen LogP contribution < -0.4 is 5.32 Å². The number of unbranched alkanes of at least 4 members (excludes halogenated alkanes) is 1. The first-order valence-electron chi connectivity index (χ1n) is 11.8. The molecule has 1 amide bonds. The predicted molar refractivity (Wildman–Crippen MR) is 138 cm³/mol. The molecule has 0 aliphatic heterocycles. The van der Waals surface area contributed by atoms with Crippen LogP contribution in [0.1, 0.15) is 71.2 Å². The van der Waals surface area contributed by atoms with E-state index in [-0.39, 0.29) is 34.1 Å². The van der Waals surface area contributed by atoms with Crippen LogP contribution in [0.15, 0.2) is 41.3 Å². The van der Waals surface area contributed by atoms with Crippen molar-refractivity contribution >= 4 is 23.6 Å². The smallest absolute Gasteiger partial charge is 0.255 e. The van der Waals surface area contributed by atoms with Crippen molar-refractivity contribution in [3.8, 4) is 0 Å². The molecule has 3 unspecified atom stereocenters. The SMILES string of the molecule is CC.CCCC[C@H](C)C(C)(O)C(O)C(C)O.O=C(Nc1ccc(F)c(F)c1)c1ccc(F)c(SO)c1. The highest BCUT2D eigenvalue weighted by Crippen LogP contribution is 2.27. The fraction of sp³-hybridized carbons (Fsp3) is 0.500. The normalized spacial score (nSPS) is 14.7. The molecule has 6 nitrogen and oxygen atoms in total. The molecule has 0 aliphatic carbocycles. The first kappa shape index (κ1) is 33.9. The fourth-order valence-electron chi connectivity index (χ4n) is 3.07. The second-order valence-electron chi connectivity index (χ2n) is 8.27. The van der Waals surface area contributed by atoms with E-state index in [1.807, 2.05) is 20.8 Å². The minimum absolute atomic E-state index is 0.00736. The minimum Gasteiger partial charge on any atom is -0.391 e. The number of halogens is 3. The Bertz CT molecular complexity index is 944. The van der Waals surface area contributed by atoms with E-state index in [1.54, 1.807) is 6.92 Å². The van der Waals surface area contributed by atoms with Crippen molar-refractivity contribution in [2.45, 2.75) is 83.5 Å². The maximum atomic E-state index is 13.2. The Kier molecular flexibility index (Phi) is 15.6. The second kappa shape index (κ2) is 16.6. The average molecular weight is 534 g/mol. The Morgan fingerprint density at radius 1 is 1.03 bits per heavy atom. The summed E-state index contributed by atoms with van der Waals surface area (Å²) in [6.07, 6.45) is 1.01. The molecule has 2 aromatic rings. The van der Waals surface area contributed by atoms with Crippen LogP contribution in [0.25, 0.3) is 0 Å². The van der Waals surface area contributed by atoms with Gasteiger partial charge in [0.2, 0.25) is 0 Å². The molecule has 0 radical (unpaired) electrons. The molecular formula is C26H38F3NO5S. The first-order chi connectivity index (χ1) is 16.8. The Hall–Kier alpha value is -2.11. The quantitative estimate of drug-likeness (QED) is 0.244. The van der Waals surface area contributed by atoms with E-state index in [9.17, 15) is 33.3 Å². The number of hydrogen-bond donors (Lipinski definition) is 5. The molecular weight excluding hydrogens is 495 g/mol. The van der Waals surface area contributed by atoms with Crippen molar-refractivity contribution in [2.75, 3.05) is 5.32 Å². The van der Waals surface area contributed by atoms with E-state index in [0.29, 0.717) is 0 Å². The molecule has 5 N–H and O–H groups in total. The lowest BCUT2D eigenvalue weighted by Gasteiger charge is -2.36. The first-order valence-corrected chi connectivity index (χ1v) is 12.6. The summed E-state index contributed by atoms with van der Waals surface area (Å²) < 4.78 is 47.7. The van der Waals surface area contributed by atoms with Gasteiger partial charge in [0.25, 0.3) is 5.91 Å². The lowest BCUT2D eigenvalue weighted by molar-refractivity contribution is -0.137. The van der Waals surface area contributed by atoms with E-state index in [2.05, 4.69) is 12.2 Å². The number of rotatable bonds is 9. The van der Waals surface area contributed by atoms with Crippen molar-refractivity contribution in [3.05, 3.63) is 59.4 Å². The molecule has 0 saturated carbocycles. The number of aliphatic hydroxyl groups is 3. The Morgan fingerprint density at radius 3 is 2.11 bits per heavy atom. The van der Waals surface area contributed by atoms with E-state index in [1.165, 1.54) is 19.1 Å². The van der Waals surface area contributed by atoms with Crippen LogP contribution in [0.3, 0.4) is 0 Å². The van der Waals surface area contributed by atoms with E-state index in [0.717, 1.165) is 43.5 Å². The van der Waals surface area contributed by atoms with Gasteiger partial charge in [0, 0.05) is 29.4 Å². The molecule has 2 aromatic carbocycles. The molecule has 0 bridgehead atoms. The average Bonchev–Trinajstić information content (AvgIpc) is 2.85. The predicted octanol–water partition coefficient (Wildman–Crippen LogP) is 6.25. The summed E-state index contributed by atoms with van der Waals surface area (Å²) in [5, 5.41) is 31.2. The Balaban J connectivity index is 0.000000676. The van der Waals surface area contributed by atoms with Crippen LogP contribution in [0.2, 0.25) is 0 Å². The van der Waals surface area contributed by atoms with Crippen molar-refractivity contribution in [3.63, 3.8) is 0 Å². The third kappa shape index (κ3) is 10.5. The van der Waals surface area contributed by atoms with Gasteiger partial charge >= 0.3 is 0 Å². The zero-order chi connectivity index (χ0) is 28.1. The monoisotopic (exact) mass is 533 g/mol. The number of carbonyl (C=O) groups excluding carboxylic acids is 1. The van der Waals surface area contributed by atoms with Crippen LogP contribution in [0.5, 0.6) is 0 Å². The van der Waals surface area contributed by atoms with Gasteiger partial charge in [-0.05, 0) is 56.5 Å². The molecule has 0 fully saturated rings. The largest absolute Gasteiger partial charge is 0.391 e. The molecule has 0 heterocycles. The topological polar surface area (TPSA) is 110 Å². The third-order valence-electron chi connectivity index (χ3n) is 5.51. The van der Waals surface area contributed by atoms with Gasteiger partial charge in [-0.3, -0.25) is 4.79 Å². The summed E-state index contributed by atoms with van der Waals surface area (Å²) in [5.74, 6) is -3.42. The zero-order valence-corrected chi connectivity index (χ0v) is 22.4. The van der Waals surface area contributed by atoms with Gasteiger partial charge < -0.3 is 25.2 Å². The fourth-order valence-corrected chi connectivity index (χ4v) is 3.41. The van der Waals surface area contributed by atoms with Gasteiger partial charge in [-0.1, -0.05) is 40.5 Å². The third-order valence-corrected chi connectivity index (χ3v) is 6.02. The lowest BCUT2D eigenvalue weighted by atomic mass is 9.81. The van der Waals surface area contributed by atoms with E-state index in [4.69, 9.17) is 4.55 Å². The van der Waals surface area contributed by atoms with Crippen molar-refractivity contribution in [1.82, 2.24) is 0 Å². The molecule has 204 valence electrons.